The SMILES string of the molecule is O=C1C2C3C=CC(C4CC34)C2C(=O)N1NC(=S)Nc1ccccc1. The highest BCUT2D eigenvalue weighted by molar-refractivity contribution is 7.80. The number of nitrogens with zero attached hydrogens (tertiary/aromatic N) is 1. The van der Waals surface area contributed by atoms with Gasteiger partial charge in [-0.1, -0.05) is 30.4 Å². The Morgan fingerprint density at radius 2 is 1.58 bits per heavy atom. The number of allylic oxidation sites excluding steroid dienone is 2. The number of para-hydroxylation sites is 1. The van der Waals surface area contributed by atoms with Gasteiger partial charge in [-0.3, -0.25) is 15.0 Å². The molecule has 3 fully saturated rings. The second-order valence-corrected chi connectivity index (χ2v) is 7.51. The number of rotatable bonds is 2. The van der Waals surface area contributed by atoms with E-state index in [0.717, 1.165) is 17.1 Å². The van der Waals surface area contributed by atoms with E-state index in [9.17, 15) is 9.59 Å². The minimum absolute atomic E-state index is 0.132. The van der Waals surface area contributed by atoms with Gasteiger partial charge in [-0.2, -0.15) is 5.01 Å². The van der Waals surface area contributed by atoms with Crippen molar-refractivity contribution >= 4 is 34.8 Å². The van der Waals surface area contributed by atoms with Crippen LogP contribution in [0.5, 0.6) is 0 Å². The molecule has 24 heavy (non-hydrogen) atoms. The summed E-state index contributed by atoms with van der Waals surface area (Å²) in [6.45, 7) is 0. The van der Waals surface area contributed by atoms with Gasteiger partial charge in [0.05, 0.1) is 11.8 Å². The molecule has 2 N–H and O–H groups in total. The first-order chi connectivity index (χ1) is 11.6. The van der Waals surface area contributed by atoms with Gasteiger partial charge in [0.15, 0.2) is 5.11 Å². The van der Waals surface area contributed by atoms with E-state index >= 15 is 0 Å². The zero-order valence-electron chi connectivity index (χ0n) is 12.9. The number of carbonyl (C=O) groups is 2. The Balaban J connectivity index is 1.34. The number of carbonyl (C=O) groups excluding carboxylic acids is 2. The quantitative estimate of drug-likeness (QED) is 0.490. The first-order valence-electron chi connectivity index (χ1n) is 8.34. The molecule has 2 amide bonds. The van der Waals surface area contributed by atoms with Gasteiger partial charge in [0, 0.05) is 5.69 Å². The number of hydrazine groups is 1. The van der Waals surface area contributed by atoms with E-state index < -0.39 is 0 Å². The lowest BCUT2D eigenvalue weighted by molar-refractivity contribution is -0.142. The minimum atomic E-state index is -0.205. The van der Waals surface area contributed by atoms with Crippen LogP contribution >= 0.6 is 12.2 Å². The fourth-order valence-corrected chi connectivity index (χ4v) is 5.06. The fraction of sp³-hybridized carbons (Fsp3) is 0.389. The van der Waals surface area contributed by atoms with Gasteiger partial charge in [0.1, 0.15) is 0 Å². The minimum Gasteiger partial charge on any atom is -0.331 e. The molecule has 6 atom stereocenters. The van der Waals surface area contributed by atoms with Crippen LogP contribution < -0.4 is 10.7 Å². The third kappa shape index (κ3) is 1.89. The fourth-order valence-electron chi connectivity index (χ4n) is 4.85. The summed E-state index contributed by atoms with van der Waals surface area (Å²) in [7, 11) is 0. The van der Waals surface area contributed by atoms with Gasteiger partial charge in [0.25, 0.3) is 11.8 Å². The highest BCUT2D eigenvalue weighted by Crippen LogP contribution is 2.65. The largest absolute Gasteiger partial charge is 0.331 e. The lowest BCUT2D eigenvalue weighted by atomic mass is 9.63. The van der Waals surface area contributed by atoms with Crippen LogP contribution in [0, 0.1) is 35.5 Å². The molecule has 1 aromatic rings. The van der Waals surface area contributed by atoms with Gasteiger partial charge in [0.2, 0.25) is 0 Å². The molecule has 1 saturated heterocycles. The van der Waals surface area contributed by atoms with E-state index in [2.05, 4.69) is 22.9 Å². The molecule has 0 aromatic heterocycles. The maximum absolute atomic E-state index is 12.8. The van der Waals surface area contributed by atoms with Gasteiger partial charge < -0.3 is 5.32 Å². The molecular weight excluding hydrogens is 322 g/mol. The number of thiocarbonyl (C=S) groups is 1. The van der Waals surface area contributed by atoms with Crippen LogP contribution in [0.1, 0.15) is 6.42 Å². The highest BCUT2D eigenvalue weighted by atomic mass is 32.1. The van der Waals surface area contributed by atoms with Crippen molar-refractivity contribution in [2.75, 3.05) is 5.32 Å². The molecule has 6 rings (SSSR count). The van der Waals surface area contributed by atoms with Gasteiger partial charge >= 0.3 is 0 Å². The normalized spacial score (nSPS) is 37.9. The Morgan fingerprint density at radius 3 is 2.17 bits per heavy atom. The number of hydrogen-bond donors (Lipinski definition) is 2. The maximum Gasteiger partial charge on any atom is 0.252 e. The topological polar surface area (TPSA) is 61.4 Å². The first kappa shape index (κ1) is 14.2. The van der Waals surface area contributed by atoms with E-state index in [-0.39, 0.29) is 40.6 Å². The van der Waals surface area contributed by atoms with Crippen LogP contribution in [0.15, 0.2) is 42.5 Å². The smallest absolute Gasteiger partial charge is 0.252 e. The lowest BCUT2D eigenvalue weighted by Crippen LogP contribution is -2.48. The molecule has 1 heterocycles. The van der Waals surface area contributed by atoms with Crippen molar-refractivity contribution < 1.29 is 9.59 Å². The van der Waals surface area contributed by atoms with E-state index in [1.165, 1.54) is 0 Å². The van der Waals surface area contributed by atoms with E-state index in [1.807, 2.05) is 30.3 Å². The molecule has 1 aromatic carbocycles. The summed E-state index contributed by atoms with van der Waals surface area (Å²) >= 11 is 5.27. The van der Waals surface area contributed by atoms with Gasteiger partial charge in [-0.15, -0.1) is 0 Å². The van der Waals surface area contributed by atoms with Crippen LogP contribution in [0.4, 0.5) is 5.69 Å². The average Bonchev–Trinajstić information content (AvgIpc) is 3.37. The molecule has 5 nitrogen and oxygen atoms in total. The van der Waals surface area contributed by atoms with Crippen LogP contribution in [0.2, 0.25) is 0 Å². The van der Waals surface area contributed by atoms with Crippen molar-refractivity contribution in [3.63, 3.8) is 0 Å². The zero-order chi connectivity index (χ0) is 16.4. The summed E-state index contributed by atoms with van der Waals surface area (Å²) in [6, 6.07) is 9.44. The van der Waals surface area contributed by atoms with Crippen molar-refractivity contribution in [2.45, 2.75) is 6.42 Å². The summed E-state index contributed by atoms with van der Waals surface area (Å²) in [4.78, 5) is 25.6. The molecule has 5 aliphatic rings. The summed E-state index contributed by atoms with van der Waals surface area (Å²) in [5, 5.41) is 4.41. The van der Waals surface area contributed by atoms with Crippen molar-refractivity contribution in [2.24, 2.45) is 35.5 Å². The van der Waals surface area contributed by atoms with Crippen LogP contribution in [0.3, 0.4) is 0 Å². The average molecular weight is 339 g/mol. The van der Waals surface area contributed by atoms with Crippen LogP contribution in [-0.2, 0) is 9.59 Å². The summed E-state index contributed by atoms with van der Waals surface area (Å²) < 4.78 is 0. The second-order valence-electron chi connectivity index (χ2n) is 7.10. The van der Waals surface area contributed by atoms with Gasteiger partial charge in [-0.05, 0) is 54.4 Å². The standard InChI is InChI=1S/C18H17N3O2S/c22-16-14-10-6-7-11(13-8-12(10)13)15(14)17(23)21(16)20-18(24)19-9-4-2-1-3-5-9/h1-7,10-15H,8H2,(H2,19,20,24). The monoisotopic (exact) mass is 339 g/mol. The lowest BCUT2D eigenvalue weighted by Gasteiger charge is -2.37. The third-order valence-electron chi connectivity index (χ3n) is 5.91. The second kappa shape index (κ2) is 4.89. The molecule has 4 aliphatic carbocycles. The first-order valence-corrected chi connectivity index (χ1v) is 8.75. The Hall–Kier alpha value is -2.21. The van der Waals surface area contributed by atoms with Crippen molar-refractivity contribution in [1.82, 2.24) is 10.4 Å². The molecule has 6 unspecified atom stereocenters. The van der Waals surface area contributed by atoms with Crippen molar-refractivity contribution in [3.05, 3.63) is 42.5 Å². The third-order valence-corrected chi connectivity index (χ3v) is 6.10. The molecule has 0 radical (unpaired) electrons. The van der Waals surface area contributed by atoms with Gasteiger partial charge in [-0.25, -0.2) is 0 Å². The number of nitrogens with one attached hydrogen (secondary N) is 2. The van der Waals surface area contributed by atoms with E-state index in [4.69, 9.17) is 12.2 Å². The van der Waals surface area contributed by atoms with Crippen LogP contribution in [-0.4, -0.2) is 21.9 Å². The number of benzene rings is 1. The Bertz CT molecular complexity index is 742. The number of anilines is 1. The zero-order valence-corrected chi connectivity index (χ0v) is 13.7. The highest BCUT2D eigenvalue weighted by Gasteiger charge is 2.67. The Labute approximate surface area is 145 Å². The molecule has 0 spiro atoms. The molecule has 122 valence electrons. The molecule has 6 heteroatoms. The molecular formula is C18H17N3O2S. The van der Waals surface area contributed by atoms with Crippen LogP contribution in [0.25, 0.3) is 0 Å². The number of imide groups is 1. The summed E-state index contributed by atoms with van der Waals surface area (Å²) in [6.07, 6.45) is 5.49. The predicted molar refractivity (Wildman–Crippen MR) is 92.3 cm³/mol. The van der Waals surface area contributed by atoms with E-state index in [0.29, 0.717) is 11.8 Å². The number of amides is 2. The summed E-state index contributed by atoms with van der Waals surface area (Å²) in [5.41, 5.74) is 3.62. The predicted octanol–water partition coefficient (Wildman–Crippen LogP) is 1.94. The van der Waals surface area contributed by atoms with E-state index in [1.54, 1.807) is 0 Å². The molecule has 1 aliphatic heterocycles. The molecule has 2 saturated carbocycles. The molecule has 2 bridgehead atoms. The summed E-state index contributed by atoms with van der Waals surface area (Å²) in [5.74, 6) is 0.984. The van der Waals surface area contributed by atoms with Crippen molar-refractivity contribution in [3.8, 4) is 0 Å². The Kier molecular flexibility index (Phi) is 2.89. The Morgan fingerprint density at radius 1 is 1.00 bits per heavy atom. The maximum atomic E-state index is 12.8. The van der Waals surface area contributed by atoms with Crippen molar-refractivity contribution in [1.29, 1.82) is 0 Å². The number of hydrogen-bond acceptors (Lipinski definition) is 3.